The Kier molecular flexibility index (Phi) is 4.05. The lowest BCUT2D eigenvalue weighted by atomic mass is 9.81. The summed E-state index contributed by atoms with van der Waals surface area (Å²) in [5, 5.41) is 2.80. The molecule has 0 radical (unpaired) electrons. The number of fused-ring (bicyclic) bond motifs is 2. The third-order valence-electron chi connectivity index (χ3n) is 6.38. The molecule has 2 N–H and O–H groups in total. The summed E-state index contributed by atoms with van der Waals surface area (Å²) in [7, 11) is 0. The van der Waals surface area contributed by atoms with Gasteiger partial charge in [-0.3, -0.25) is 0 Å². The molecule has 0 unspecified atom stereocenters. The fraction of sp³-hybridized carbons (Fsp3) is 0.333. The zero-order valence-electron chi connectivity index (χ0n) is 15.2. The summed E-state index contributed by atoms with van der Waals surface area (Å²) in [6.45, 7) is 0. The Morgan fingerprint density at radius 1 is 0.731 bits per heavy atom. The highest BCUT2D eigenvalue weighted by Crippen LogP contribution is 2.37. The number of H-pyrrole nitrogens is 2. The number of nitrogens with one attached hydrogen (secondary N) is 2. The van der Waals surface area contributed by atoms with Crippen molar-refractivity contribution in [2.75, 3.05) is 0 Å². The van der Waals surface area contributed by atoms with Crippen molar-refractivity contribution in [1.29, 1.82) is 0 Å². The second kappa shape index (κ2) is 6.68. The number of benzene rings is 2. The Morgan fingerprint density at radius 3 is 1.77 bits per heavy atom. The monoisotopic (exact) mass is 342 g/mol. The van der Waals surface area contributed by atoms with Crippen LogP contribution < -0.4 is 0 Å². The summed E-state index contributed by atoms with van der Waals surface area (Å²) < 4.78 is 0. The Balaban J connectivity index is 1.47. The van der Waals surface area contributed by atoms with Crippen molar-refractivity contribution >= 4 is 21.8 Å². The van der Waals surface area contributed by atoms with Crippen LogP contribution in [0.15, 0.2) is 60.9 Å². The summed E-state index contributed by atoms with van der Waals surface area (Å²) >= 11 is 0. The average molecular weight is 342 g/mol. The average Bonchev–Trinajstić information content (AvgIpc) is 3.42. The number of aromatic amines is 2. The first-order chi connectivity index (χ1) is 12.9. The van der Waals surface area contributed by atoms with Gasteiger partial charge in [-0.2, -0.15) is 0 Å². The van der Waals surface area contributed by atoms with Crippen molar-refractivity contribution in [2.24, 2.45) is 11.8 Å². The van der Waals surface area contributed by atoms with E-state index in [1.165, 1.54) is 71.5 Å². The highest BCUT2D eigenvalue weighted by atomic mass is 14.7. The van der Waals surface area contributed by atoms with Crippen LogP contribution in [0.1, 0.15) is 36.8 Å². The molecule has 2 heteroatoms. The number of aromatic nitrogens is 2. The molecular weight excluding hydrogens is 316 g/mol. The van der Waals surface area contributed by atoms with Gasteiger partial charge in [0.15, 0.2) is 0 Å². The number of hydrogen-bond donors (Lipinski definition) is 2. The first kappa shape index (κ1) is 15.7. The van der Waals surface area contributed by atoms with Crippen LogP contribution in [0.25, 0.3) is 21.8 Å². The third-order valence-corrected chi connectivity index (χ3v) is 6.38. The van der Waals surface area contributed by atoms with Gasteiger partial charge >= 0.3 is 0 Å². The third kappa shape index (κ3) is 2.84. The van der Waals surface area contributed by atoms with E-state index in [1.54, 1.807) is 0 Å². The summed E-state index contributed by atoms with van der Waals surface area (Å²) in [4.78, 5) is 6.93. The maximum Gasteiger partial charge on any atom is 0.0456 e. The second-order valence-corrected chi connectivity index (χ2v) is 7.93. The fourth-order valence-corrected chi connectivity index (χ4v) is 5.00. The van der Waals surface area contributed by atoms with Crippen LogP contribution in [0, 0.1) is 11.8 Å². The van der Waals surface area contributed by atoms with Gasteiger partial charge in [-0.15, -0.1) is 0 Å². The molecule has 0 atom stereocenters. The van der Waals surface area contributed by atoms with E-state index < -0.39 is 0 Å². The van der Waals surface area contributed by atoms with Crippen molar-refractivity contribution in [1.82, 2.24) is 9.97 Å². The molecule has 5 rings (SSSR count). The predicted molar refractivity (Wildman–Crippen MR) is 109 cm³/mol. The molecule has 2 aromatic heterocycles. The van der Waals surface area contributed by atoms with Gasteiger partial charge in [0.1, 0.15) is 0 Å². The SMILES string of the molecule is c1ccc2c(CC(Cc3c[nH]c4ccccc34)C3CCCC3)c[nH]c2c1. The molecule has 2 heterocycles. The molecule has 2 nitrogen and oxygen atoms in total. The molecule has 1 aliphatic carbocycles. The summed E-state index contributed by atoms with van der Waals surface area (Å²) in [6, 6.07) is 17.4. The molecule has 0 aliphatic heterocycles. The normalized spacial score (nSPS) is 15.6. The van der Waals surface area contributed by atoms with Gasteiger partial charge in [-0.25, -0.2) is 0 Å². The molecule has 1 saturated carbocycles. The topological polar surface area (TPSA) is 31.6 Å². The summed E-state index contributed by atoms with van der Waals surface area (Å²) in [5.41, 5.74) is 5.49. The number of hydrogen-bond acceptors (Lipinski definition) is 0. The van der Waals surface area contributed by atoms with E-state index in [2.05, 4.69) is 70.9 Å². The lowest BCUT2D eigenvalue weighted by Gasteiger charge is -2.23. The van der Waals surface area contributed by atoms with Gasteiger partial charge in [0.05, 0.1) is 0 Å². The van der Waals surface area contributed by atoms with E-state index in [1.807, 2.05) is 0 Å². The van der Waals surface area contributed by atoms with E-state index in [4.69, 9.17) is 0 Å². The molecule has 0 spiro atoms. The zero-order chi connectivity index (χ0) is 17.3. The maximum atomic E-state index is 3.47. The molecule has 26 heavy (non-hydrogen) atoms. The minimum atomic E-state index is 0.718. The van der Waals surface area contributed by atoms with E-state index in [0.29, 0.717) is 0 Å². The van der Waals surface area contributed by atoms with Crippen LogP contribution in [0.5, 0.6) is 0 Å². The lowest BCUT2D eigenvalue weighted by molar-refractivity contribution is 0.336. The fourth-order valence-electron chi connectivity index (χ4n) is 5.00. The molecule has 0 saturated heterocycles. The van der Waals surface area contributed by atoms with Crippen LogP contribution in [-0.2, 0) is 12.8 Å². The quantitative estimate of drug-likeness (QED) is 0.430. The minimum Gasteiger partial charge on any atom is -0.361 e. The Labute approximate surface area is 154 Å². The van der Waals surface area contributed by atoms with Crippen molar-refractivity contribution in [3.63, 3.8) is 0 Å². The lowest BCUT2D eigenvalue weighted by Crippen LogP contribution is -2.17. The van der Waals surface area contributed by atoms with Crippen molar-refractivity contribution in [2.45, 2.75) is 38.5 Å². The van der Waals surface area contributed by atoms with Crippen molar-refractivity contribution in [3.8, 4) is 0 Å². The smallest absolute Gasteiger partial charge is 0.0456 e. The zero-order valence-corrected chi connectivity index (χ0v) is 15.2. The van der Waals surface area contributed by atoms with Crippen LogP contribution in [0.2, 0.25) is 0 Å². The van der Waals surface area contributed by atoms with E-state index in [0.717, 1.165) is 11.8 Å². The first-order valence-electron chi connectivity index (χ1n) is 9.98. The van der Waals surface area contributed by atoms with Crippen LogP contribution in [-0.4, -0.2) is 9.97 Å². The van der Waals surface area contributed by atoms with E-state index in [9.17, 15) is 0 Å². The summed E-state index contributed by atoms with van der Waals surface area (Å²) in [5.74, 6) is 1.58. The molecule has 0 bridgehead atoms. The maximum absolute atomic E-state index is 3.47. The van der Waals surface area contributed by atoms with Gasteiger partial charge in [-0.1, -0.05) is 62.1 Å². The molecule has 132 valence electrons. The molecule has 4 aromatic rings. The molecule has 2 aromatic carbocycles. The number of para-hydroxylation sites is 2. The minimum absolute atomic E-state index is 0.718. The van der Waals surface area contributed by atoms with Crippen LogP contribution >= 0.6 is 0 Å². The predicted octanol–water partition coefficient (Wildman–Crippen LogP) is 6.24. The van der Waals surface area contributed by atoms with Gasteiger partial charge in [-0.05, 0) is 47.9 Å². The molecule has 1 aliphatic rings. The van der Waals surface area contributed by atoms with Crippen LogP contribution in [0.4, 0.5) is 0 Å². The largest absolute Gasteiger partial charge is 0.361 e. The first-order valence-corrected chi connectivity index (χ1v) is 9.98. The molecule has 1 fully saturated rings. The van der Waals surface area contributed by atoms with Gasteiger partial charge in [0, 0.05) is 34.2 Å². The van der Waals surface area contributed by atoms with Gasteiger partial charge in [0.25, 0.3) is 0 Å². The molecule has 0 amide bonds. The highest BCUT2D eigenvalue weighted by Gasteiger charge is 2.27. The summed E-state index contributed by atoms with van der Waals surface area (Å²) in [6.07, 6.45) is 12.4. The standard InChI is InChI=1S/C24H26N2/c1-2-8-17(7-1)18(13-19-15-25-23-11-5-3-9-21(19)23)14-20-16-26-24-12-6-4-10-22(20)24/h3-6,9-12,15-18,25-26H,1-2,7-8,13-14H2. The number of rotatable bonds is 5. The Hall–Kier alpha value is -2.48. The Morgan fingerprint density at radius 2 is 1.23 bits per heavy atom. The van der Waals surface area contributed by atoms with E-state index in [-0.39, 0.29) is 0 Å². The van der Waals surface area contributed by atoms with Crippen molar-refractivity contribution < 1.29 is 0 Å². The van der Waals surface area contributed by atoms with Crippen molar-refractivity contribution in [3.05, 3.63) is 72.1 Å². The van der Waals surface area contributed by atoms with Gasteiger partial charge in [0.2, 0.25) is 0 Å². The van der Waals surface area contributed by atoms with E-state index >= 15 is 0 Å². The van der Waals surface area contributed by atoms with Gasteiger partial charge < -0.3 is 9.97 Å². The highest BCUT2D eigenvalue weighted by molar-refractivity contribution is 5.84. The second-order valence-electron chi connectivity index (χ2n) is 7.93. The Bertz CT molecular complexity index is 941. The molecular formula is C24H26N2. The van der Waals surface area contributed by atoms with Crippen LogP contribution in [0.3, 0.4) is 0 Å².